The van der Waals surface area contributed by atoms with Gasteiger partial charge < -0.3 is 5.73 Å². The van der Waals surface area contributed by atoms with E-state index >= 15 is 0 Å². The normalized spacial score (nSPS) is 11.4. The molecular weight excluding hydrogens is 174 g/mol. The number of rotatable bonds is 2. The van der Waals surface area contributed by atoms with Gasteiger partial charge in [-0.3, -0.25) is 4.79 Å². The molecule has 0 aliphatic carbocycles. The zero-order valence-electron chi connectivity index (χ0n) is 8.37. The van der Waals surface area contributed by atoms with Crippen molar-refractivity contribution in [3.05, 3.63) is 40.1 Å². The van der Waals surface area contributed by atoms with Crippen LogP contribution in [0.5, 0.6) is 0 Å². The Labute approximate surface area is 83.1 Å². The molecule has 0 saturated carbocycles. The molecule has 2 nitrogen and oxygen atoms in total. The van der Waals surface area contributed by atoms with Crippen molar-refractivity contribution in [3.8, 4) is 11.1 Å². The summed E-state index contributed by atoms with van der Waals surface area (Å²) >= 11 is 0. The first-order chi connectivity index (χ1) is 6.63. The number of anilines is 1. The Morgan fingerprint density at radius 1 is 1.21 bits per heavy atom. The van der Waals surface area contributed by atoms with E-state index in [1.807, 2.05) is 38.1 Å². The molecular formula is C12H13NO. The van der Waals surface area contributed by atoms with Crippen LogP contribution in [-0.4, -0.2) is 0 Å². The van der Waals surface area contributed by atoms with Crippen LogP contribution in [0.25, 0.3) is 11.1 Å². The summed E-state index contributed by atoms with van der Waals surface area (Å²) < 4.78 is 0. The molecule has 0 saturated heterocycles. The smallest absolute Gasteiger partial charge is 0.191 e. The van der Waals surface area contributed by atoms with Gasteiger partial charge in [0.05, 0.1) is 0 Å². The van der Waals surface area contributed by atoms with Gasteiger partial charge in [0, 0.05) is 22.4 Å². The Morgan fingerprint density at radius 2 is 1.86 bits per heavy atom. The Hall–Kier alpha value is -1.57. The fourth-order valence-corrected chi connectivity index (χ4v) is 1.73. The fraction of sp³-hybridized carbons (Fsp3) is 0.250. The molecule has 2 N–H and O–H groups in total. The predicted molar refractivity (Wildman–Crippen MR) is 59.0 cm³/mol. The highest BCUT2D eigenvalue weighted by Gasteiger charge is 2.26. The van der Waals surface area contributed by atoms with E-state index in [0.717, 1.165) is 16.7 Å². The van der Waals surface area contributed by atoms with Gasteiger partial charge in [-0.25, -0.2) is 0 Å². The Morgan fingerprint density at radius 3 is 2.36 bits per heavy atom. The van der Waals surface area contributed by atoms with E-state index in [2.05, 4.69) is 0 Å². The third kappa shape index (κ3) is 1.23. The first kappa shape index (κ1) is 9.00. The van der Waals surface area contributed by atoms with Crippen molar-refractivity contribution in [1.82, 2.24) is 0 Å². The van der Waals surface area contributed by atoms with Crippen molar-refractivity contribution in [2.45, 2.75) is 19.8 Å². The van der Waals surface area contributed by atoms with E-state index in [1.165, 1.54) is 0 Å². The van der Waals surface area contributed by atoms with E-state index in [9.17, 15) is 4.79 Å². The zero-order valence-corrected chi connectivity index (χ0v) is 8.37. The van der Waals surface area contributed by atoms with Crippen LogP contribution in [0.2, 0.25) is 0 Å². The SMILES string of the molecule is CC(C)c1c(-c2ccccc2N)c1=O. The molecule has 0 amide bonds. The molecule has 0 heterocycles. The van der Waals surface area contributed by atoms with Crippen LogP contribution in [0.1, 0.15) is 25.3 Å². The van der Waals surface area contributed by atoms with Crippen LogP contribution in [0.15, 0.2) is 29.1 Å². The van der Waals surface area contributed by atoms with Crippen molar-refractivity contribution < 1.29 is 0 Å². The van der Waals surface area contributed by atoms with Crippen molar-refractivity contribution in [2.75, 3.05) is 5.73 Å². The quantitative estimate of drug-likeness (QED) is 0.733. The maximum absolute atomic E-state index is 11.5. The first-order valence-electron chi connectivity index (χ1n) is 4.76. The molecule has 0 aliphatic heterocycles. The monoisotopic (exact) mass is 187 g/mol. The standard InChI is InChI=1S/C12H13NO/c1-7(2)10-11(12(10)14)8-5-3-4-6-9(8)13/h3-7H,13H2,1-2H3. The molecule has 0 radical (unpaired) electrons. The largest absolute Gasteiger partial charge is 0.398 e. The van der Waals surface area contributed by atoms with Crippen LogP contribution in [-0.2, 0) is 0 Å². The van der Waals surface area contributed by atoms with Crippen LogP contribution < -0.4 is 11.2 Å². The highest BCUT2D eigenvalue weighted by molar-refractivity contribution is 5.84. The highest BCUT2D eigenvalue weighted by atomic mass is 16.1. The Bertz CT molecular complexity index is 476. The number of hydrogen-bond donors (Lipinski definition) is 1. The average Bonchev–Trinajstić information content (AvgIpc) is 2.78. The fourth-order valence-electron chi connectivity index (χ4n) is 1.73. The van der Waals surface area contributed by atoms with Gasteiger partial charge in [0.2, 0.25) is 0 Å². The van der Waals surface area contributed by atoms with Gasteiger partial charge >= 0.3 is 0 Å². The topological polar surface area (TPSA) is 43.1 Å². The van der Waals surface area contributed by atoms with E-state index in [4.69, 9.17) is 5.73 Å². The summed E-state index contributed by atoms with van der Waals surface area (Å²) in [6, 6.07) is 7.51. The molecule has 2 aromatic carbocycles. The summed E-state index contributed by atoms with van der Waals surface area (Å²) in [5.74, 6) is 0.303. The Kier molecular flexibility index (Phi) is 1.92. The summed E-state index contributed by atoms with van der Waals surface area (Å²) in [5.41, 5.74) is 9.32. The van der Waals surface area contributed by atoms with E-state index in [0.29, 0.717) is 11.6 Å². The summed E-state index contributed by atoms with van der Waals surface area (Å²) in [4.78, 5) is 11.5. The van der Waals surface area contributed by atoms with Gasteiger partial charge in [-0.2, -0.15) is 0 Å². The lowest BCUT2D eigenvalue weighted by Crippen LogP contribution is -1.87. The van der Waals surface area contributed by atoms with Gasteiger partial charge in [0.1, 0.15) is 0 Å². The second-order valence-electron chi connectivity index (χ2n) is 3.86. The molecule has 72 valence electrons. The number of benzene rings is 1. The lowest BCUT2D eigenvalue weighted by molar-refractivity contribution is 0.888. The molecule has 0 bridgehead atoms. The second kappa shape index (κ2) is 2.98. The molecule has 0 atom stereocenters. The van der Waals surface area contributed by atoms with Crippen molar-refractivity contribution in [2.24, 2.45) is 0 Å². The number of nitrogens with two attached hydrogens (primary N) is 1. The predicted octanol–water partition coefficient (Wildman–Crippen LogP) is 2.29. The molecule has 0 unspecified atom stereocenters. The summed E-state index contributed by atoms with van der Waals surface area (Å²) in [5, 5.41) is 0. The molecule has 2 rings (SSSR count). The van der Waals surface area contributed by atoms with Crippen LogP contribution in [0.4, 0.5) is 5.69 Å². The molecule has 0 fully saturated rings. The molecule has 14 heavy (non-hydrogen) atoms. The van der Waals surface area contributed by atoms with E-state index < -0.39 is 0 Å². The Balaban J connectivity index is 2.47. The van der Waals surface area contributed by atoms with Crippen LogP contribution in [0, 0.1) is 0 Å². The molecule has 2 heteroatoms. The minimum atomic E-state index is 0.179. The third-order valence-corrected chi connectivity index (χ3v) is 2.49. The number of para-hydroxylation sites is 1. The minimum absolute atomic E-state index is 0.179. The summed E-state index contributed by atoms with van der Waals surface area (Å²) in [6.07, 6.45) is 0. The number of hydrogen-bond acceptors (Lipinski definition) is 2. The van der Waals surface area contributed by atoms with Gasteiger partial charge in [-0.15, -0.1) is 0 Å². The lowest BCUT2D eigenvalue weighted by atomic mass is 10.1. The first-order valence-corrected chi connectivity index (χ1v) is 4.76. The van der Waals surface area contributed by atoms with Gasteiger partial charge in [0.15, 0.2) is 5.43 Å². The average molecular weight is 187 g/mol. The lowest BCUT2D eigenvalue weighted by Gasteiger charge is -1.99. The van der Waals surface area contributed by atoms with Crippen molar-refractivity contribution >= 4 is 5.69 Å². The molecule has 0 aliphatic rings. The van der Waals surface area contributed by atoms with Gasteiger partial charge in [-0.05, 0) is 12.0 Å². The summed E-state index contributed by atoms with van der Waals surface area (Å²) in [6.45, 7) is 4.05. The molecule has 0 spiro atoms. The minimum Gasteiger partial charge on any atom is -0.398 e. The molecule has 0 aromatic heterocycles. The van der Waals surface area contributed by atoms with Crippen LogP contribution in [0.3, 0.4) is 0 Å². The zero-order chi connectivity index (χ0) is 10.3. The molecule has 2 aromatic rings. The van der Waals surface area contributed by atoms with Gasteiger partial charge in [-0.1, -0.05) is 32.0 Å². The van der Waals surface area contributed by atoms with Gasteiger partial charge in [0.25, 0.3) is 0 Å². The maximum atomic E-state index is 11.5. The van der Waals surface area contributed by atoms with E-state index in [1.54, 1.807) is 0 Å². The highest BCUT2D eigenvalue weighted by Crippen LogP contribution is 2.34. The van der Waals surface area contributed by atoms with Crippen LogP contribution >= 0.6 is 0 Å². The maximum Gasteiger partial charge on any atom is 0.191 e. The third-order valence-electron chi connectivity index (χ3n) is 2.49. The van der Waals surface area contributed by atoms with Crippen molar-refractivity contribution in [1.29, 1.82) is 0 Å². The van der Waals surface area contributed by atoms with E-state index in [-0.39, 0.29) is 5.43 Å². The number of nitrogen functional groups attached to an aromatic ring is 1. The summed E-state index contributed by atoms with van der Waals surface area (Å²) in [7, 11) is 0. The second-order valence-corrected chi connectivity index (χ2v) is 3.86. The van der Waals surface area contributed by atoms with Crippen molar-refractivity contribution in [3.63, 3.8) is 0 Å².